The third-order valence-corrected chi connectivity index (χ3v) is 4.10. The Morgan fingerprint density at radius 3 is 2.80 bits per heavy atom. The molecule has 1 aromatic heterocycles. The highest BCUT2D eigenvalue weighted by atomic mass is 16.4. The zero-order valence-electron chi connectivity index (χ0n) is 11.8. The summed E-state index contributed by atoms with van der Waals surface area (Å²) in [6.07, 6.45) is 5.51. The number of aromatic carboxylic acids is 1. The van der Waals surface area contributed by atoms with E-state index in [0.29, 0.717) is 0 Å². The Balaban J connectivity index is 2.18. The van der Waals surface area contributed by atoms with E-state index in [1.807, 2.05) is 0 Å². The summed E-state index contributed by atoms with van der Waals surface area (Å²) < 4.78 is 0. The molecule has 1 aliphatic rings. The molecule has 5 nitrogen and oxygen atoms in total. The number of nitrogens with zero attached hydrogens (tertiary/aromatic N) is 1. The van der Waals surface area contributed by atoms with Crippen LogP contribution in [0.3, 0.4) is 0 Å². The Morgan fingerprint density at radius 2 is 2.15 bits per heavy atom. The lowest BCUT2D eigenvalue weighted by Gasteiger charge is -2.37. The first-order valence-corrected chi connectivity index (χ1v) is 6.91. The van der Waals surface area contributed by atoms with Crippen LogP contribution in [-0.2, 0) is 4.79 Å². The van der Waals surface area contributed by atoms with Crippen molar-refractivity contribution in [2.24, 2.45) is 11.3 Å². The number of amides is 1. The number of anilines is 1. The largest absolute Gasteiger partial charge is 0.478 e. The molecule has 5 heteroatoms. The molecule has 2 N–H and O–H groups in total. The molecule has 0 bridgehead atoms. The summed E-state index contributed by atoms with van der Waals surface area (Å²) in [6.45, 7) is 4.18. The van der Waals surface area contributed by atoms with Crippen molar-refractivity contribution in [1.82, 2.24) is 4.98 Å². The van der Waals surface area contributed by atoms with Crippen molar-refractivity contribution in [1.29, 1.82) is 0 Å². The molecule has 0 spiro atoms. The van der Waals surface area contributed by atoms with E-state index in [0.717, 1.165) is 25.7 Å². The summed E-state index contributed by atoms with van der Waals surface area (Å²) in [5, 5.41) is 11.8. The number of aromatic nitrogens is 1. The molecule has 0 saturated heterocycles. The minimum atomic E-state index is -1.09. The Labute approximate surface area is 118 Å². The highest BCUT2D eigenvalue weighted by Gasteiger charge is 2.37. The average Bonchev–Trinajstić information content (AvgIpc) is 2.38. The van der Waals surface area contributed by atoms with Gasteiger partial charge in [-0.2, -0.15) is 0 Å². The van der Waals surface area contributed by atoms with Crippen LogP contribution in [0.15, 0.2) is 18.3 Å². The van der Waals surface area contributed by atoms with Gasteiger partial charge in [0.1, 0.15) is 11.4 Å². The lowest BCUT2D eigenvalue weighted by Crippen LogP contribution is -2.37. The quantitative estimate of drug-likeness (QED) is 0.889. The summed E-state index contributed by atoms with van der Waals surface area (Å²) in [5.74, 6) is -1.18. The topological polar surface area (TPSA) is 79.3 Å². The van der Waals surface area contributed by atoms with Crippen LogP contribution in [0.4, 0.5) is 5.82 Å². The first-order valence-electron chi connectivity index (χ1n) is 6.91. The van der Waals surface area contributed by atoms with Gasteiger partial charge in [-0.15, -0.1) is 0 Å². The highest BCUT2D eigenvalue weighted by Crippen LogP contribution is 2.41. The molecule has 0 radical (unpaired) electrons. The van der Waals surface area contributed by atoms with E-state index in [2.05, 4.69) is 24.1 Å². The Kier molecular flexibility index (Phi) is 4.06. The second kappa shape index (κ2) is 5.61. The fourth-order valence-electron chi connectivity index (χ4n) is 2.86. The van der Waals surface area contributed by atoms with Gasteiger partial charge in [0.15, 0.2) is 0 Å². The molecular formula is C15H20N2O3. The van der Waals surface area contributed by atoms with Crippen LogP contribution in [0.25, 0.3) is 0 Å². The summed E-state index contributed by atoms with van der Waals surface area (Å²) in [7, 11) is 0. The lowest BCUT2D eigenvalue weighted by atomic mass is 9.68. The van der Waals surface area contributed by atoms with Crippen molar-refractivity contribution in [3.05, 3.63) is 23.9 Å². The SMILES string of the molecule is CC1(C)CCCCC1C(=O)Nc1ncccc1C(=O)O. The average molecular weight is 276 g/mol. The van der Waals surface area contributed by atoms with E-state index in [4.69, 9.17) is 5.11 Å². The maximum Gasteiger partial charge on any atom is 0.339 e. The van der Waals surface area contributed by atoms with Crippen LogP contribution in [0, 0.1) is 11.3 Å². The van der Waals surface area contributed by atoms with E-state index in [-0.39, 0.29) is 28.6 Å². The smallest absolute Gasteiger partial charge is 0.339 e. The maximum absolute atomic E-state index is 12.4. The molecule has 1 unspecified atom stereocenters. The first kappa shape index (κ1) is 14.5. The lowest BCUT2D eigenvalue weighted by molar-refractivity contribution is -0.124. The summed E-state index contributed by atoms with van der Waals surface area (Å²) in [5.41, 5.74) is -0.0324. The number of carboxylic acids is 1. The van der Waals surface area contributed by atoms with Crippen LogP contribution >= 0.6 is 0 Å². The zero-order chi connectivity index (χ0) is 14.8. The fourth-order valence-corrected chi connectivity index (χ4v) is 2.86. The van der Waals surface area contributed by atoms with Gasteiger partial charge >= 0.3 is 5.97 Å². The number of rotatable bonds is 3. The van der Waals surface area contributed by atoms with Gasteiger partial charge in [-0.25, -0.2) is 9.78 Å². The van der Waals surface area contributed by atoms with Crippen LogP contribution in [-0.4, -0.2) is 22.0 Å². The molecule has 0 aliphatic heterocycles. The molecule has 1 aromatic rings. The second-order valence-electron chi connectivity index (χ2n) is 5.98. The number of pyridine rings is 1. The molecule has 1 amide bonds. The van der Waals surface area contributed by atoms with Gasteiger partial charge in [0, 0.05) is 12.1 Å². The number of carboxylic acid groups (broad SMARTS) is 1. The standard InChI is InChI=1S/C15H20N2O3/c1-15(2)8-4-3-7-11(15)13(18)17-12-10(14(19)20)6-5-9-16-12/h5-6,9,11H,3-4,7-8H2,1-2H3,(H,19,20)(H,16,17,18). The fraction of sp³-hybridized carbons (Fsp3) is 0.533. The molecular weight excluding hydrogens is 256 g/mol. The summed E-state index contributed by atoms with van der Waals surface area (Å²) in [4.78, 5) is 27.5. The highest BCUT2D eigenvalue weighted by molar-refractivity contribution is 6.00. The number of hydrogen-bond donors (Lipinski definition) is 2. The van der Waals surface area contributed by atoms with E-state index in [9.17, 15) is 9.59 Å². The van der Waals surface area contributed by atoms with E-state index < -0.39 is 5.97 Å². The van der Waals surface area contributed by atoms with Gasteiger partial charge in [0.25, 0.3) is 0 Å². The van der Waals surface area contributed by atoms with Crippen molar-refractivity contribution in [3.8, 4) is 0 Å². The van der Waals surface area contributed by atoms with Gasteiger partial charge in [0.05, 0.1) is 0 Å². The first-order chi connectivity index (χ1) is 9.42. The van der Waals surface area contributed by atoms with Gasteiger partial charge in [-0.05, 0) is 30.4 Å². The molecule has 1 saturated carbocycles. The van der Waals surface area contributed by atoms with Gasteiger partial charge in [-0.1, -0.05) is 26.7 Å². The minimum Gasteiger partial charge on any atom is -0.478 e. The molecule has 0 aromatic carbocycles. The van der Waals surface area contributed by atoms with Gasteiger partial charge in [0.2, 0.25) is 5.91 Å². The van der Waals surface area contributed by atoms with E-state index in [1.54, 1.807) is 6.07 Å². The van der Waals surface area contributed by atoms with Crippen molar-refractivity contribution in [2.45, 2.75) is 39.5 Å². The molecule has 1 atom stereocenters. The Bertz CT molecular complexity index is 526. The Morgan fingerprint density at radius 1 is 1.40 bits per heavy atom. The van der Waals surface area contributed by atoms with E-state index in [1.165, 1.54) is 12.3 Å². The summed E-state index contributed by atoms with van der Waals surface area (Å²) in [6, 6.07) is 2.99. The molecule has 20 heavy (non-hydrogen) atoms. The predicted molar refractivity (Wildman–Crippen MR) is 75.6 cm³/mol. The summed E-state index contributed by atoms with van der Waals surface area (Å²) >= 11 is 0. The molecule has 1 aliphatic carbocycles. The third-order valence-electron chi connectivity index (χ3n) is 4.10. The molecule has 2 rings (SSSR count). The Hall–Kier alpha value is -1.91. The predicted octanol–water partition coefficient (Wildman–Crippen LogP) is 2.93. The molecule has 1 heterocycles. The van der Waals surface area contributed by atoms with Crippen molar-refractivity contribution in [3.63, 3.8) is 0 Å². The van der Waals surface area contributed by atoms with Gasteiger partial charge in [-0.3, -0.25) is 4.79 Å². The number of nitrogens with one attached hydrogen (secondary N) is 1. The van der Waals surface area contributed by atoms with Gasteiger partial charge < -0.3 is 10.4 Å². The zero-order valence-corrected chi connectivity index (χ0v) is 11.8. The van der Waals surface area contributed by atoms with Crippen LogP contribution in [0.2, 0.25) is 0 Å². The number of carbonyl (C=O) groups is 2. The third kappa shape index (κ3) is 2.98. The minimum absolute atomic E-state index is 0.0227. The van der Waals surface area contributed by atoms with Crippen molar-refractivity contribution in [2.75, 3.05) is 5.32 Å². The van der Waals surface area contributed by atoms with Crippen LogP contribution < -0.4 is 5.32 Å². The van der Waals surface area contributed by atoms with Crippen LogP contribution in [0.1, 0.15) is 49.9 Å². The van der Waals surface area contributed by atoms with Crippen molar-refractivity contribution < 1.29 is 14.7 Å². The normalized spacial score (nSPS) is 21.2. The molecule has 1 fully saturated rings. The second-order valence-corrected chi connectivity index (χ2v) is 5.98. The number of hydrogen-bond acceptors (Lipinski definition) is 3. The monoisotopic (exact) mass is 276 g/mol. The van der Waals surface area contributed by atoms with E-state index >= 15 is 0 Å². The number of carbonyl (C=O) groups excluding carboxylic acids is 1. The van der Waals surface area contributed by atoms with Crippen molar-refractivity contribution >= 4 is 17.7 Å². The maximum atomic E-state index is 12.4. The van der Waals surface area contributed by atoms with Crippen LogP contribution in [0.5, 0.6) is 0 Å². The molecule has 108 valence electrons.